The third kappa shape index (κ3) is 1.53. The van der Waals surface area contributed by atoms with Crippen LogP contribution in [0, 0.1) is 0 Å². The molecule has 2 rings (SSSR count). The maximum absolute atomic E-state index is 5.64. The Hall–Kier alpha value is -1.63. The zero-order valence-electron chi connectivity index (χ0n) is 7.45. The largest absolute Gasteiger partial charge is 0.368 e. The van der Waals surface area contributed by atoms with Crippen LogP contribution in [0.5, 0.6) is 0 Å². The molecule has 2 aromatic rings. The standard InChI is InChI=1S/C7H8N6S/c1-14-7-11-5(8)13(12-7)6-9-3-2-4-10-6/h2-4H,1H3,(H2,8,11,12). The molecule has 0 amide bonds. The lowest BCUT2D eigenvalue weighted by Gasteiger charge is -1.97. The highest BCUT2D eigenvalue weighted by Gasteiger charge is 2.08. The Kier molecular flexibility index (Phi) is 2.32. The van der Waals surface area contributed by atoms with E-state index < -0.39 is 0 Å². The number of nitrogens with zero attached hydrogens (tertiary/aromatic N) is 5. The van der Waals surface area contributed by atoms with Crippen molar-refractivity contribution in [2.45, 2.75) is 5.16 Å². The van der Waals surface area contributed by atoms with Gasteiger partial charge in [0.1, 0.15) is 0 Å². The van der Waals surface area contributed by atoms with Crippen LogP contribution in [0.2, 0.25) is 0 Å². The lowest BCUT2D eigenvalue weighted by Crippen LogP contribution is -2.06. The third-order valence-electron chi connectivity index (χ3n) is 1.54. The van der Waals surface area contributed by atoms with Crippen molar-refractivity contribution in [2.24, 2.45) is 0 Å². The maximum Gasteiger partial charge on any atom is 0.253 e. The van der Waals surface area contributed by atoms with Gasteiger partial charge in [0.25, 0.3) is 5.95 Å². The Morgan fingerprint density at radius 3 is 2.64 bits per heavy atom. The van der Waals surface area contributed by atoms with Crippen molar-refractivity contribution in [3.8, 4) is 5.95 Å². The third-order valence-corrected chi connectivity index (χ3v) is 2.07. The highest BCUT2D eigenvalue weighted by Crippen LogP contribution is 2.12. The number of thioether (sulfide) groups is 1. The summed E-state index contributed by atoms with van der Waals surface area (Å²) in [5, 5.41) is 4.72. The van der Waals surface area contributed by atoms with E-state index in [1.54, 1.807) is 18.5 Å². The predicted molar refractivity (Wildman–Crippen MR) is 53.1 cm³/mol. The molecule has 0 saturated carbocycles. The topological polar surface area (TPSA) is 82.5 Å². The Bertz CT molecular complexity index is 425. The van der Waals surface area contributed by atoms with E-state index in [0.29, 0.717) is 17.1 Å². The summed E-state index contributed by atoms with van der Waals surface area (Å²) in [7, 11) is 0. The van der Waals surface area contributed by atoms with E-state index >= 15 is 0 Å². The molecule has 0 atom stereocenters. The van der Waals surface area contributed by atoms with Crippen molar-refractivity contribution in [3.63, 3.8) is 0 Å². The molecule has 0 aliphatic carbocycles. The van der Waals surface area contributed by atoms with Crippen molar-refractivity contribution < 1.29 is 0 Å². The van der Waals surface area contributed by atoms with Gasteiger partial charge in [0.15, 0.2) is 0 Å². The zero-order valence-corrected chi connectivity index (χ0v) is 8.27. The molecule has 2 heterocycles. The summed E-state index contributed by atoms with van der Waals surface area (Å²) in [5.74, 6) is 0.721. The minimum absolute atomic E-state index is 0.292. The van der Waals surface area contributed by atoms with Crippen molar-refractivity contribution in [2.75, 3.05) is 12.0 Å². The monoisotopic (exact) mass is 208 g/mol. The molecule has 6 nitrogen and oxygen atoms in total. The van der Waals surface area contributed by atoms with E-state index in [1.807, 2.05) is 6.26 Å². The van der Waals surface area contributed by atoms with Crippen LogP contribution in [0.1, 0.15) is 0 Å². The summed E-state index contributed by atoms with van der Waals surface area (Å²) in [6, 6.07) is 1.73. The number of nitrogen functional groups attached to an aromatic ring is 1. The van der Waals surface area contributed by atoms with Gasteiger partial charge in [-0.25, -0.2) is 9.97 Å². The van der Waals surface area contributed by atoms with Crippen LogP contribution in [0.3, 0.4) is 0 Å². The first kappa shape index (κ1) is 8.95. The van der Waals surface area contributed by atoms with E-state index in [2.05, 4.69) is 20.1 Å². The molecule has 72 valence electrons. The Morgan fingerprint density at radius 2 is 2.07 bits per heavy atom. The minimum Gasteiger partial charge on any atom is -0.368 e. The normalized spacial score (nSPS) is 10.4. The molecule has 0 aliphatic heterocycles. The van der Waals surface area contributed by atoms with Crippen LogP contribution in [0.25, 0.3) is 5.95 Å². The van der Waals surface area contributed by atoms with Gasteiger partial charge in [-0.15, -0.1) is 5.10 Å². The van der Waals surface area contributed by atoms with Crippen LogP contribution in [0.4, 0.5) is 5.95 Å². The number of nitrogens with two attached hydrogens (primary N) is 1. The van der Waals surface area contributed by atoms with Crippen molar-refractivity contribution >= 4 is 17.7 Å². The van der Waals surface area contributed by atoms with Gasteiger partial charge < -0.3 is 5.73 Å². The van der Waals surface area contributed by atoms with Crippen LogP contribution in [-0.2, 0) is 0 Å². The van der Waals surface area contributed by atoms with Gasteiger partial charge in [0.2, 0.25) is 11.1 Å². The molecule has 0 unspecified atom stereocenters. The lowest BCUT2D eigenvalue weighted by atomic mass is 10.7. The van der Waals surface area contributed by atoms with Crippen molar-refractivity contribution in [1.29, 1.82) is 0 Å². The van der Waals surface area contributed by atoms with Crippen LogP contribution >= 0.6 is 11.8 Å². The lowest BCUT2D eigenvalue weighted by molar-refractivity contribution is 0.785. The van der Waals surface area contributed by atoms with Crippen LogP contribution < -0.4 is 5.73 Å². The second-order valence-corrected chi connectivity index (χ2v) is 3.19. The number of aromatic nitrogens is 5. The summed E-state index contributed by atoms with van der Waals surface area (Å²) in [6.45, 7) is 0. The molecule has 14 heavy (non-hydrogen) atoms. The number of hydrogen-bond donors (Lipinski definition) is 1. The Balaban J connectivity index is 2.46. The number of hydrogen-bond acceptors (Lipinski definition) is 6. The maximum atomic E-state index is 5.64. The average molecular weight is 208 g/mol. The number of rotatable bonds is 2. The summed E-state index contributed by atoms with van der Waals surface area (Å²) in [6.07, 6.45) is 5.13. The van der Waals surface area contributed by atoms with E-state index in [4.69, 9.17) is 5.73 Å². The quantitative estimate of drug-likeness (QED) is 0.717. The van der Waals surface area contributed by atoms with E-state index in [1.165, 1.54) is 16.4 Å². The molecule has 0 bridgehead atoms. The van der Waals surface area contributed by atoms with Crippen LogP contribution in [-0.4, -0.2) is 31.0 Å². The first-order valence-electron chi connectivity index (χ1n) is 3.85. The van der Waals surface area contributed by atoms with Crippen LogP contribution in [0.15, 0.2) is 23.6 Å². The fourth-order valence-corrected chi connectivity index (χ4v) is 1.29. The molecule has 0 spiro atoms. The van der Waals surface area contributed by atoms with Gasteiger partial charge in [-0.05, 0) is 12.3 Å². The average Bonchev–Trinajstić information content (AvgIpc) is 2.61. The molecular weight excluding hydrogens is 200 g/mol. The summed E-state index contributed by atoms with van der Waals surface area (Å²) < 4.78 is 1.41. The molecule has 0 radical (unpaired) electrons. The molecule has 0 aliphatic rings. The molecule has 2 N–H and O–H groups in total. The summed E-state index contributed by atoms with van der Waals surface area (Å²) in [4.78, 5) is 12.1. The van der Waals surface area contributed by atoms with E-state index in [0.717, 1.165) is 0 Å². The molecule has 0 saturated heterocycles. The van der Waals surface area contributed by atoms with Gasteiger partial charge in [0.05, 0.1) is 0 Å². The Morgan fingerprint density at radius 1 is 1.36 bits per heavy atom. The molecule has 0 fully saturated rings. The molecule has 2 aromatic heterocycles. The fraction of sp³-hybridized carbons (Fsp3) is 0.143. The van der Waals surface area contributed by atoms with Gasteiger partial charge in [-0.1, -0.05) is 11.8 Å². The Labute approximate surface area is 84.6 Å². The second-order valence-electron chi connectivity index (χ2n) is 2.42. The predicted octanol–water partition coefficient (Wildman–Crippen LogP) is 0.361. The highest BCUT2D eigenvalue weighted by atomic mass is 32.2. The molecule has 0 aromatic carbocycles. The number of anilines is 1. The van der Waals surface area contributed by atoms with Gasteiger partial charge in [-0.2, -0.15) is 9.67 Å². The fourth-order valence-electron chi connectivity index (χ4n) is 0.939. The SMILES string of the molecule is CSc1nc(N)n(-c2ncccn2)n1. The highest BCUT2D eigenvalue weighted by molar-refractivity contribution is 7.98. The van der Waals surface area contributed by atoms with Gasteiger partial charge in [-0.3, -0.25) is 0 Å². The van der Waals surface area contributed by atoms with E-state index in [-0.39, 0.29) is 0 Å². The first-order valence-corrected chi connectivity index (χ1v) is 5.07. The van der Waals surface area contributed by atoms with Gasteiger partial charge >= 0.3 is 0 Å². The second kappa shape index (κ2) is 3.62. The van der Waals surface area contributed by atoms with Gasteiger partial charge in [0, 0.05) is 12.4 Å². The first-order chi connectivity index (χ1) is 6.81. The summed E-state index contributed by atoms with van der Waals surface area (Å²) in [5.41, 5.74) is 5.64. The molecule has 7 heteroatoms. The van der Waals surface area contributed by atoms with E-state index in [9.17, 15) is 0 Å². The minimum atomic E-state index is 0.292. The smallest absolute Gasteiger partial charge is 0.253 e. The van der Waals surface area contributed by atoms with Crippen molar-refractivity contribution in [3.05, 3.63) is 18.5 Å². The van der Waals surface area contributed by atoms with Crippen molar-refractivity contribution in [1.82, 2.24) is 24.7 Å². The molecular formula is C7H8N6S. The summed E-state index contributed by atoms with van der Waals surface area (Å²) >= 11 is 1.42. The zero-order chi connectivity index (χ0) is 9.97.